The van der Waals surface area contributed by atoms with Crippen LogP contribution in [0, 0.1) is 0 Å². The maximum Gasteiger partial charge on any atom is 0.316 e. The van der Waals surface area contributed by atoms with Crippen LogP contribution in [0.1, 0.15) is 5.69 Å². The second-order valence-corrected chi connectivity index (χ2v) is 4.98. The van der Waals surface area contributed by atoms with Gasteiger partial charge in [-0.15, -0.1) is 5.10 Å². The normalized spacial score (nSPS) is 10.6. The summed E-state index contributed by atoms with van der Waals surface area (Å²) < 4.78 is 7.03. The lowest BCUT2D eigenvalue weighted by molar-refractivity contribution is 0.276. The second kappa shape index (κ2) is 6.07. The van der Waals surface area contributed by atoms with Gasteiger partial charge in [-0.05, 0) is 24.3 Å². The van der Waals surface area contributed by atoms with E-state index in [1.165, 1.54) is 12.4 Å². The molecule has 0 aliphatic carbocycles. The number of aromatic nitrogens is 5. The SMILES string of the molecule is Clc1ccc(-n2cc(COc3ncc(Cl)cn3)nn2)cc1. The third kappa shape index (κ3) is 3.48. The molecule has 0 unspecified atom stereocenters. The molecule has 0 aliphatic rings. The molecule has 0 saturated heterocycles. The maximum atomic E-state index is 5.84. The van der Waals surface area contributed by atoms with Crippen molar-refractivity contribution >= 4 is 23.2 Å². The molecule has 1 aromatic carbocycles. The van der Waals surface area contributed by atoms with Crippen LogP contribution < -0.4 is 4.74 Å². The number of hydrogen-bond acceptors (Lipinski definition) is 5. The zero-order chi connectivity index (χ0) is 14.7. The molecule has 0 fully saturated rings. The van der Waals surface area contributed by atoms with Crippen molar-refractivity contribution in [3.63, 3.8) is 0 Å². The molecule has 0 spiro atoms. The highest BCUT2D eigenvalue weighted by Gasteiger charge is 2.05. The zero-order valence-electron chi connectivity index (χ0n) is 10.6. The summed E-state index contributed by atoms with van der Waals surface area (Å²) in [6.07, 6.45) is 4.70. The van der Waals surface area contributed by atoms with Gasteiger partial charge in [0, 0.05) is 5.02 Å². The van der Waals surface area contributed by atoms with Crippen molar-refractivity contribution in [1.29, 1.82) is 0 Å². The lowest BCUT2D eigenvalue weighted by atomic mass is 10.3. The molecule has 0 N–H and O–H groups in total. The first-order chi connectivity index (χ1) is 10.2. The average molecular weight is 322 g/mol. The van der Waals surface area contributed by atoms with Gasteiger partial charge in [0.2, 0.25) is 0 Å². The summed E-state index contributed by atoms with van der Waals surface area (Å²) in [5.41, 5.74) is 1.52. The summed E-state index contributed by atoms with van der Waals surface area (Å²) in [6, 6.07) is 7.51. The summed E-state index contributed by atoms with van der Waals surface area (Å²) in [5, 5.41) is 9.17. The maximum absolute atomic E-state index is 5.84. The highest BCUT2D eigenvalue weighted by Crippen LogP contribution is 2.13. The van der Waals surface area contributed by atoms with Gasteiger partial charge >= 0.3 is 6.01 Å². The molecule has 0 aliphatic heterocycles. The minimum atomic E-state index is 0.217. The standard InChI is InChI=1S/C13H9Cl2N5O/c14-9-1-3-12(4-2-9)20-7-11(18-19-20)8-21-13-16-5-10(15)6-17-13/h1-7H,8H2. The highest BCUT2D eigenvalue weighted by atomic mass is 35.5. The molecule has 8 heteroatoms. The summed E-state index contributed by atoms with van der Waals surface area (Å²) in [7, 11) is 0. The van der Waals surface area contributed by atoms with Crippen LogP contribution >= 0.6 is 23.2 Å². The highest BCUT2D eigenvalue weighted by molar-refractivity contribution is 6.30. The zero-order valence-corrected chi connectivity index (χ0v) is 12.2. The van der Waals surface area contributed by atoms with Crippen molar-refractivity contribution in [3.8, 4) is 11.7 Å². The Morgan fingerprint density at radius 2 is 1.71 bits per heavy atom. The van der Waals surface area contributed by atoms with Gasteiger partial charge in [0.1, 0.15) is 12.3 Å². The van der Waals surface area contributed by atoms with Gasteiger partial charge in [0.15, 0.2) is 0 Å². The Hall–Kier alpha value is -2.18. The molecular formula is C13H9Cl2N5O. The van der Waals surface area contributed by atoms with E-state index in [1.807, 2.05) is 12.1 Å². The van der Waals surface area contributed by atoms with Crippen molar-refractivity contribution in [3.05, 3.63) is 58.6 Å². The van der Waals surface area contributed by atoms with Crippen molar-refractivity contribution < 1.29 is 4.74 Å². The third-order valence-corrected chi connectivity index (χ3v) is 3.02. The summed E-state index contributed by atoms with van der Waals surface area (Å²) in [6.45, 7) is 0.217. The van der Waals surface area contributed by atoms with Crippen LogP contribution in [0.5, 0.6) is 6.01 Å². The van der Waals surface area contributed by atoms with Crippen LogP contribution in [0.25, 0.3) is 5.69 Å². The predicted molar refractivity (Wildman–Crippen MR) is 77.7 cm³/mol. The molecule has 0 amide bonds. The van der Waals surface area contributed by atoms with Crippen LogP contribution in [0.2, 0.25) is 10.0 Å². The van der Waals surface area contributed by atoms with Crippen LogP contribution in [0.15, 0.2) is 42.9 Å². The molecule has 0 atom stereocenters. The molecule has 2 heterocycles. The number of ether oxygens (including phenoxy) is 1. The number of nitrogens with zero attached hydrogens (tertiary/aromatic N) is 5. The first-order valence-corrected chi connectivity index (χ1v) is 6.74. The molecule has 3 rings (SSSR count). The first-order valence-electron chi connectivity index (χ1n) is 5.98. The van der Waals surface area contributed by atoms with E-state index in [9.17, 15) is 0 Å². The van der Waals surface area contributed by atoms with Crippen molar-refractivity contribution in [2.24, 2.45) is 0 Å². The molecule has 21 heavy (non-hydrogen) atoms. The van der Waals surface area contributed by atoms with Crippen LogP contribution in [-0.4, -0.2) is 25.0 Å². The first kappa shape index (κ1) is 13.8. The lowest BCUT2D eigenvalue weighted by Gasteiger charge is -2.01. The van der Waals surface area contributed by atoms with E-state index in [4.69, 9.17) is 27.9 Å². The van der Waals surface area contributed by atoms with E-state index < -0.39 is 0 Å². The van der Waals surface area contributed by atoms with Gasteiger partial charge < -0.3 is 4.74 Å². The van der Waals surface area contributed by atoms with E-state index >= 15 is 0 Å². The third-order valence-electron chi connectivity index (χ3n) is 2.58. The second-order valence-electron chi connectivity index (χ2n) is 4.10. The Labute approximate surface area is 130 Å². The minimum absolute atomic E-state index is 0.217. The summed E-state index contributed by atoms with van der Waals surface area (Å²) in [4.78, 5) is 7.87. The van der Waals surface area contributed by atoms with E-state index in [-0.39, 0.29) is 12.6 Å². The predicted octanol–water partition coefficient (Wildman–Crippen LogP) is 2.94. The number of halogens is 2. The molecule has 6 nitrogen and oxygen atoms in total. The quantitative estimate of drug-likeness (QED) is 0.739. The van der Waals surface area contributed by atoms with Gasteiger partial charge in [0.05, 0.1) is 29.3 Å². The van der Waals surface area contributed by atoms with E-state index in [0.29, 0.717) is 15.7 Å². The van der Waals surface area contributed by atoms with E-state index in [2.05, 4.69) is 20.3 Å². The Kier molecular flexibility index (Phi) is 3.98. The number of benzene rings is 1. The van der Waals surface area contributed by atoms with Crippen molar-refractivity contribution in [1.82, 2.24) is 25.0 Å². The van der Waals surface area contributed by atoms with Crippen molar-refractivity contribution in [2.75, 3.05) is 0 Å². The molecular weight excluding hydrogens is 313 g/mol. The molecule has 0 saturated carbocycles. The number of hydrogen-bond donors (Lipinski definition) is 0. The van der Waals surface area contributed by atoms with Gasteiger partial charge in [0.25, 0.3) is 0 Å². The molecule has 0 radical (unpaired) electrons. The molecule has 106 valence electrons. The minimum Gasteiger partial charge on any atom is -0.457 e. The Morgan fingerprint density at radius 3 is 2.43 bits per heavy atom. The fraction of sp³-hybridized carbons (Fsp3) is 0.0769. The van der Waals surface area contributed by atoms with Crippen LogP contribution in [0.4, 0.5) is 0 Å². The number of rotatable bonds is 4. The average Bonchev–Trinajstić information content (AvgIpc) is 2.96. The van der Waals surface area contributed by atoms with Crippen molar-refractivity contribution in [2.45, 2.75) is 6.61 Å². The van der Waals surface area contributed by atoms with Crippen LogP contribution in [-0.2, 0) is 6.61 Å². The Morgan fingerprint density at radius 1 is 1.00 bits per heavy atom. The van der Waals surface area contributed by atoms with E-state index in [1.54, 1.807) is 23.0 Å². The van der Waals surface area contributed by atoms with Gasteiger partial charge in [-0.3, -0.25) is 0 Å². The molecule has 3 aromatic rings. The molecule has 0 bridgehead atoms. The molecule has 2 aromatic heterocycles. The van der Waals surface area contributed by atoms with Gasteiger partial charge in [-0.2, -0.15) is 0 Å². The fourth-order valence-electron chi connectivity index (χ4n) is 1.60. The largest absolute Gasteiger partial charge is 0.457 e. The van der Waals surface area contributed by atoms with Gasteiger partial charge in [-0.1, -0.05) is 28.4 Å². The Balaban J connectivity index is 1.67. The summed E-state index contributed by atoms with van der Waals surface area (Å²) in [5.74, 6) is 0. The monoisotopic (exact) mass is 321 g/mol. The van der Waals surface area contributed by atoms with Gasteiger partial charge in [-0.25, -0.2) is 14.6 Å². The smallest absolute Gasteiger partial charge is 0.316 e. The van der Waals surface area contributed by atoms with Crippen LogP contribution in [0.3, 0.4) is 0 Å². The fourth-order valence-corrected chi connectivity index (χ4v) is 1.82. The van der Waals surface area contributed by atoms with E-state index in [0.717, 1.165) is 5.69 Å². The summed E-state index contributed by atoms with van der Waals surface area (Å²) >= 11 is 11.5. The lowest BCUT2D eigenvalue weighted by Crippen LogP contribution is -1.99. The Bertz CT molecular complexity index is 727. The topological polar surface area (TPSA) is 65.7 Å².